The van der Waals surface area contributed by atoms with Crippen molar-refractivity contribution in [3.8, 4) is 0 Å². The first-order valence-electron chi connectivity index (χ1n) is 5.67. The third kappa shape index (κ3) is 1.75. The Labute approximate surface area is 115 Å². The number of rotatable bonds is 0. The molecule has 2 aromatic rings. The summed E-state index contributed by atoms with van der Waals surface area (Å²) in [5.74, 6) is 5.99. The second-order valence-electron chi connectivity index (χ2n) is 4.25. The van der Waals surface area contributed by atoms with Crippen molar-refractivity contribution in [2.45, 2.75) is 0 Å². The monoisotopic (exact) mass is 274 g/mol. The molecule has 2 N–H and O–H groups in total. The van der Waals surface area contributed by atoms with Gasteiger partial charge in [0.15, 0.2) is 0 Å². The number of nitrogens with two attached hydrogens (primary N) is 1. The first-order valence-corrected chi connectivity index (χ1v) is 6.05. The van der Waals surface area contributed by atoms with Crippen molar-refractivity contribution in [2.75, 3.05) is 17.0 Å². The number of carbonyl (C=O) groups is 1. The molecular formula is C13H11ClN4O. The van der Waals surface area contributed by atoms with Gasteiger partial charge < -0.3 is 4.90 Å². The number of nitrogens with zero attached hydrogens (tertiary/aromatic N) is 3. The van der Waals surface area contributed by atoms with E-state index in [0.29, 0.717) is 27.8 Å². The number of pyridine rings is 1. The Morgan fingerprint density at radius 3 is 2.74 bits per heavy atom. The number of hydrogen-bond donors (Lipinski definition) is 1. The van der Waals surface area contributed by atoms with Gasteiger partial charge in [0.25, 0.3) is 5.91 Å². The number of hydrazine groups is 1. The second kappa shape index (κ2) is 4.22. The summed E-state index contributed by atoms with van der Waals surface area (Å²) in [4.78, 5) is 17.9. The first-order chi connectivity index (χ1) is 9.09. The predicted octanol–water partition coefficient (Wildman–Crippen LogP) is 2.34. The summed E-state index contributed by atoms with van der Waals surface area (Å²) in [6.07, 6.45) is 1.54. The maximum atomic E-state index is 12.4. The van der Waals surface area contributed by atoms with Gasteiger partial charge >= 0.3 is 0 Å². The van der Waals surface area contributed by atoms with E-state index in [4.69, 9.17) is 17.4 Å². The Morgan fingerprint density at radius 1 is 1.21 bits per heavy atom. The summed E-state index contributed by atoms with van der Waals surface area (Å²) in [5, 5.41) is 1.79. The lowest BCUT2D eigenvalue weighted by Gasteiger charge is -2.21. The topological polar surface area (TPSA) is 62.5 Å². The summed E-state index contributed by atoms with van der Waals surface area (Å²) >= 11 is 5.91. The summed E-state index contributed by atoms with van der Waals surface area (Å²) in [6, 6.07) is 8.82. The van der Waals surface area contributed by atoms with E-state index in [1.807, 2.05) is 6.07 Å². The van der Waals surface area contributed by atoms with Crippen LogP contribution in [0.25, 0.3) is 0 Å². The quantitative estimate of drug-likeness (QED) is 0.592. The Hall–Kier alpha value is -2.11. The third-order valence-electron chi connectivity index (χ3n) is 3.15. The molecule has 0 spiro atoms. The van der Waals surface area contributed by atoms with Crippen LogP contribution >= 0.6 is 11.6 Å². The van der Waals surface area contributed by atoms with Gasteiger partial charge in [-0.2, -0.15) is 0 Å². The molecule has 3 rings (SSSR count). The average Bonchev–Trinajstić information content (AvgIpc) is 2.51. The van der Waals surface area contributed by atoms with Crippen LogP contribution in [0.5, 0.6) is 0 Å². The van der Waals surface area contributed by atoms with E-state index >= 15 is 0 Å². The Balaban J connectivity index is 2.31. The molecule has 0 aliphatic carbocycles. The van der Waals surface area contributed by atoms with Crippen molar-refractivity contribution in [3.05, 3.63) is 47.2 Å². The maximum Gasteiger partial charge on any atom is 0.260 e. The molecule has 0 saturated carbocycles. The highest BCUT2D eigenvalue weighted by Gasteiger charge is 2.27. The lowest BCUT2D eigenvalue weighted by molar-refractivity contribution is 0.0994. The molecule has 0 atom stereocenters. The van der Waals surface area contributed by atoms with E-state index in [9.17, 15) is 4.79 Å². The van der Waals surface area contributed by atoms with E-state index in [1.165, 1.54) is 9.91 Å². The van der Waals surface area contributed by atoms with Gasteiger partial charge in [0.1, 0.15) is 5.15 Å². The molecule has 5 nitrogen and oxygen atoms in total. The molecule has 1 aromatic heterocycles. The molecule has 6 heteroatoms. The number of fused-ring (bicyclic) bond motifs is 2. The summed E-state index contributed by atoms with van der Waals surface area (Å²) in [7, 11) is 1.69. The van der Waals surface area contributed by atoms with Crippen LogP contribution in [0.4, 0.5) is 17.1 Å². The van der Waals surface area contributed by atoms with Gasteiger partial charge in [-0.15, -0.1) is 0 Å². The van der Waals surface area contributed by atoms with Crippen LogP contribution in [0.15, 0.2) is 36.5 Å². The number of aromatic nitrogens is 1. The van der Waals surface area contributed by atoms with Crippen molar-refractivity contribution < 1.29 is 4.79 Å². The Bertz CT molecular complexity index is 673. The van der Waals surface area contributed by atoms with Crippen molar-refractivity contribution in [3.63, 3.8) is 0 Å². The summed E-state index contributed by atoms with van der Waals surface area (Å²) in [6.45, 7) is 0. The number of amides is 1. The van der Waals surface area contributed by atoms with Crippen molar-refractivity contribution in [1.29, 1.82) is 0 Å². The number of para-hydroxylation sites is 1. The average molecular weight is 275 g/mol. The fraction of sp³-hybridized carbons (Fsp3) is 0.0769. The maximum absolute atomic E-state index is 12.4. The van der Waals surface area contributed by atoms with Gasteiger partial charge in [-0.1, -0.05) is 23.7 Å². The Kier molecular flexibility index (Phi) is 2.66. The van der Waals surface area contributed by atoms with E-state index in [2.05, 4.69) is 4.98 Å². The van der Waals surface area contributed by atoms with Gasteiger partial charge in [0.2, 0.25) is 0 Å². The molecule has 19 heavy (non-hydrogen) atoms. The number of benzene rings is 1. The van der Waals surface area contributed by atoms with Crippen molar-refractivity contribution >= 4 is 34.6 Å². The van der Waals surface area contributed by atoms with E-state index in [0.717, 1.165) is 0 Å². The van der Waals surface area contributed by atoms with Gasteiger partial charge in [0, 0.05) is 13.1 Å². The molecule has 0 fully saturated rings. The van der Waals surface area contributed by atoms with Crippen LogP contribution in [0.2, 0.25) is 5.15 Å². The van der Waals surface area contributed by atoms with Crippen molar-refractivity contribution in [2.24, 2.45) is 5.84 Å². The second-order valence-corrected chi connectivity index (χ2v) is 4.63. The molecule has 2 heterocycles. The minimum absolute atomic E-state index is 0.131. The lowest BCUT2D eigenvalue weighted by Crippen LogP contribution is -2.25. The Morgan fingerprint density at radius 2 is 1.95 bits per heavy atom. The highest BCUT2D eigenvalue weighted by Crippen LogP contribution is 2.38. The largest absolute Gasteiger partial charge is 0.308 e. The summed E-state index contributed by atoms with van der Waals surface area (Å²) < 4.78 is 0. The van der Waals surface area contributed by atoms with Crippen molar-refractivity contribution in [1.82, 2.24) is 4.98 Å². The van der Waals surface area contributed by atoms with Crippen LogP contribution in [0.1, 0.15) is 10.4 Å². The zero-order valence-electron chi connectivity index (χ0n) is 10.2. The molecule has 0 radical (unpaired) electrons. The fourth-order valence-electron chi connectivity index (χ4n) is 2.15. The van der Waals surface area contributed by atoms with Crippen LogP contribution < -0.4 is 15.8 Å². The van der Waals surface area contributed by atoms with Crippen LogP contribution in [0.3, 0.4) is 0 Å². The minimum atomic E-state index is -0.131. The molecule has 0 saturated heterocycles. The number of halogens is 1. The highest BCUT2D eigenvalue weighted by molar-refractivity contribution is 6.30. The number of carbonyl (C=O) groups excluding carboxylic acids is 1. The summed E-state index contributed by atoms with van der Waals surface area (Å²) in [5.41, 5.74) is 2.44. The smallest absolute Gasteiger partial charge is 0.260 e. The SMILES string of the molecule is CN1C(=O)c2ccccc2N(N)c2cc(Cl)ncc21. The molecule has 96 valence electrons. The van der Waals surface area contributed by atoms with Gasteiger partial charge in [-0.3, -0.25) is 9.80 Å². The minimum Gasteiger partial charge on any atom is -0.308 e. The predicted molar refractivity (Wildman–Crippen MR) is 74.7 cm³/mol. The highest BCUT2D eigenvalue weighted by atomic mass is 35.5. The normalized spacial score (nSPS) is 13.9. The molecule has 0 unspecified atom stereocenters. The number of hydrogen-bond acceptors (Lipinski definition) is 4. The third-order valence-corrected chi connectivity index (χ3v) is 3.35. The zero-order valence-corrected chi connectivity index (χ0v) is 10.9. The van der Waals surface area contributed by atoms with Crippen LogP contribution in [-0.2, 0) is 0 Å². The van der Waals surface area contributed by atoms with Gasteiger partial charge in [-0.25, -0.2) is 10.8 Å². The zero-order chi connectivity index (χ0) is 13.6. The van der Waals surface area contributed by atoms with E-state index in [-0.39, 0.29) is 5.91 Å². The molecule has 1 aliphatic heterocycles. The van der Waals surface area contributed by atoms with Crippen LogP contribution in [0, 0.1) is 0 Å². The molecule has 0 bridgehead atoms. The molecule has 1 amide bonds. The number of anilines is 3. The molecule has 1 aliphatic rings. The standard InChI is InChI=1S/C13H11ClN4O/c1-17-11-7-16-12(14)6-10(11)18(15)9-5-3-2-4-8(9)13(17)19/h2-7H,15H2,1H3. The first kappa shape index (κ1) is 12.0. The van der Waals surface area contributed by atoms with Gasteiger partial charge in [0.05, 0.1) is 28.8 Å². The fourth-order valence-corrected chi connectivity index (χ4v) is 2.30. The van der Waals surface area contributed by atoms with Crippen LogP contribution in [-0.4, -0.2) is 17.9 Å². The van der Waals surface area contributed by atoms with E-state index in [1.54, 1.807) is 37.5 Å². The lowest BCUT2D eigenvalue weighted by atomic mass is 10.1. The molecule has 1 aromatic carbocycles. The molecular weight excluding hydrogens is 264 g/mol. The van der Waals surface area contributed by atoms with E-state index < -0.39 is 0 Å². The van der Waals surface area contributed by atoms with Gasteiger partial charge in [-0.05, 0) is 12.1 Å².